The molecule has 33 heavy (non-hydrogen) atoms. The molecule has 0 bridgehead atoms. The van der Waals surface area contributed by atoms with Gasteiger partial charge < -0.3 is 4.74 Å². The van der Waals surface area contributed by atoms with Crippen LogP contribution in [0.25, 0.3) is 10.4 Å². The van der Waals surface area contributed by atoms with Crippen molar-refractivity contribution in [3.8, 4) is 10.4 Å². The first-order chi connectivity index (χ1) is 15.8. The van der Waals surface area contributed by atoms with Gasteiger partial charge in [-0.15, -0.1) is 11.3 Å². The Kier molecular flexibility index (Phi) is 8.97. The van der Waals surface area contributed by atoms with Crippen LogP contribution in [-0.4, -0.2) is 28.3 Å². The van der Waals surface area contributed by atoms with Crippen molar-refractivity contribution in [2.24, 2.45) is 4.36 Å². The highest BCUT2D eigenvalue weighted by atomic mass is 32.2. The predicted molar refractivity (Wildman–Crippen MR) is 137 cm³/mol. The van der Waals surface area contributed by atoms with Gasteiger partial charge in [-0.2, -0.15) is 4.36 Å². The summed E-state index contributed by atoms with van der Waals surface area (Å²) in [7, 11) is -0.722. The molecule has 2 aromatic rings. The second-order valence-electron chi connectivity index (χ2n) is 8.68. The summed E-state index contributed by atoms with van der Waals surface area (Å²) in [6, 6.07) is 5.74. The molecular weight excluding hydrogens is 454 g/mol. The van der Waals surface area contributed by atoms with Gasteiger partial charge in [0, 0.05) is 33.5 Å². The van der Waals surface area contributed by atoms with E-state index in [1.165, 1.54) is 43.2 Å². The van der Waals surface area contributed by atoms with Gasteiger partial charge >= 0.3 is 6.09 Å². The van der Waals surface area contributed by atoms with E-state index < -0.39 is 16.8 Å². The maximum Gasteiger partial charge on any atom is 0.411 e. The maximum absolute atomic E-state index is 12.2. The average Bonchev–Trinajstić information content (AvgIpc) is 3.27. The molecule has 2 amide bonds. The predicted octanol–water partition coefficient (Wildman–Crippen LogP) is 7.10. The first kappa shape index (κ1) is 25.3. The zero-order valence-electron chi connectivity index (χ0n) is 19.8. The molecular formula is C25H33N3O3S2. The van der Waals surface area contributed by atoms with Crippen molar-refractivity contribution in [1.29, 1.82) is 0 Å². The van der Waals surface area contributed by atoms with E-state index in [0.717, 1.165) is 15.3 Å². The summed E-state index contributed by atoms with van der Waals surface area (Å²) in [4.78, 5) is 31.1. The number of benzene rings is 1. The lowest BCUT2D eigenvalue weighted by molar-refractivity contribution is -0.113. The van der Waals surface area contributed by atoms with Gasteiger partial charge in [-0.3, -0.25) is 10.1 Å². The quantitative estimate of drug-likeness (QED) is 0.423. The van der Waals surface area contributed by atoms with Crippen LogP contribution in [0, 0.1) is 0 Å². The number of aromatic nitrogens is 1. The van der Waals surface area contributed by atoms with E-state index in [4.69, 9.17) is 9.72 Å². The van der Waals surface area contributed by atoms with Gasteiger partial charge in [0.15, 0.2) is 0 Å². The molecule has 0 aliphatic heterocycles. The Morgan fingerprint density at radius 2 is 1.97 bits per heavy atom. The van der Waals surface area contributed by atoms with Crippen LogP contribution in [-0.2, 0) is 20.2 Å². The summed E-state index contributed by atoms with van der Waals surface area (Å²) >= 11 is 1.72. The molecule has 1 atom stereocenters. The number of thiazole rings is 1. The minimum Gasteiger partial charge on any atom is -0.447 e. The normalized spacial score (nSPS) is 15.6. The molecule has 1 unspecified atom stereocenters. The molecule has 178 valence electrons. The number of anilines is 1. The molecule has 3 rings (SSSR count). The van der Waals surface area contributed by atoms with E-state index >= 15 is 0 Å². The van der Waals surface area contributed by atoms with E-state index in [2.05, 4.69) is 16.3 Å². The third-order valence-corrected chi connectivity index (χ3v) is 8.60. The Bertz CT molecular complexity index is 1040. The largest absolute Gasteiger partial charge is 0.447 e. The van der Waals surface area contributed by atoms with Gasteiger partial charge in [-0.25, -0.2) is 9.78 Å². The molecule has 1 aliphatic rings. The molecule has 0 saturated heterocycles. The lowest BCUT2D eigenvalue weighted by atomic mass is 9.90. The van der Waals surface area contributed by atoms with Crippen LogP contribution in [0.4, 0.5) is 10.5 Å². The number of nitrogens with one attached hydrogen (secondary N) is 1. The maximum atomic E-state index is 12.2. The highest BCUT2D eigenvalue weighted by Gasteiger charge is 2.22. The number of hydrogen-bond acceptors (Lipinski definition) is 5. The number of ether oxygens (including phenoxy) is 1. The fraction of sp³-hybridized carbons (Fsp3) is 0.480. The Hall–Kier alpha value is -2.32. The van der Waals surface area contributed by atoms with Crippen molar-refractivity contribution in [1.82, 2.24) is 4.98 Å². The number of carbonyl (C=O) groups excluding carboxylic acids is 2. The molecule has 1 aromatic heterocycles. The Morgan fingerprint density at radius 1 is 1.24 bits per heavy atom. The van der Waals surface area contributed by atoms with E-state index in [9.17, 15) is 9.59 Å². The molecule has 8 heteroatoms. The highest BCUT2D eigenvalue weighted by Crippen LogP contribution is 2.40. The van der Waals surface area contributed by atoms with Gasteiger partial charge in [0.1, 0.15) is 0 Å². The summed E-state index contributed by atoms with van der Waals surface area (Å²) < 4.78 is 9.65. The summed E-state index contributed by atoms with van der Waals surface area (Å²) in [6.07, 6.45) is 8.66. The third-order valence-electron chi connectivity index (χ3n) is 5.35. The van der Waals surface area contributed by atoms with Crippen LogP contribution >= 0.6 is 11.3 Å². The molecule has 6 nitrogen and oxygen atoms in total. The minimum atomic E-state index is -0.722. The lowest BCUT2D eigenvalue weighted by Crippen LogP contribution is -2.18. The van der Waals surface area contributed by atoms with E-state index in [-0.39, 0.29) is 17.3 Å². The van der Waals surface area contributed by atoms with Crippen molar-refractivity contribution in [2.45, 2.75) is 82.0 Å². The number of hydrogen-bond donors (Lipinski definition) is 1. The first-order valence-electron chi connectivity index (χ1n) is 11.5. The summed E-state index contributed by atoms with van der Waals surface area (Å²) in [5.74, 6) is 0.186. The fourth-order valence-electron chi connectivity index (χ4n) is 3.83. The highest BCUT2D eigenvalue weighted by molar-refractivity contribution is 7.88. The van der Waals surface area contributed by atoms with Crippen molar-refractivity contribution in [3.05, 3.63) is 42.1 Å². The number of carbonyl (C=O) groups is 2. The molecule has 1 aromatic carbocycles. The van der Waals surface area contributed by atoms with E-state index in [1.807, 2.05) is 38.2 Å². The standard InChI is InChI=1S/C25H33N3O3S2/c1-6-23(29)28-33(17(4)5)22-14-19(27-25(30)31-16(2)3)12-13-20(22)21-15-26-24(32-21)18-10-8-7-9-11-18/h6,12-18H,1,7-11H2,2-5H3,(H,27,30). The lowest BCUT2D eigenvalue weighted by Gasteiger charge is -2.19. The summed E-state index contributed by atoms with van der Waals surface area (Å²) in [5.41, 5.74) is 1.60. The van der Waals surface area contributed by atoms with Gasteiger partial charge in [0.05, 0.1) is 16.0 Å². The molecule has 0 radical (unpaired) electrons. The molecule has 1 fully saturated rings. The van der Waals surface area contributed by atoms with Gasteiger partial charge in [0.2, 0.25) is 0 Å². The van der Waals surface area contributed by atoms with Crippen LogP contribution < -0.4 is 5.32 Å². The van der Waals surface area contributed by atoms with Gasteiger partial charge in [-0.1, -0.05) is 56.4 Å². The number of nitrogens with zero attached hydrogens (tertiary/aromatic N) is 2. The third kappa shape index (κ3) is 6.84. The smallest absolute Gasteiger partial charge is 0.411 e. The zero-order valence-corrected chi connectivity index (χ0v) is 21.4. The second-order valence-corrected chi connectivity index (χ2v) is 11.9. The van der Waals surface area contributed by atoms with Crippen molar-refractivity contribution >= 4 is 39.7 Å². The molecule has 1 saturated carbocycles. The molecule has 1 aliphatic carbocycles. The van der Waals surface area contributed by atoms with Crippen LogP contribution in [0.5, 0.6) is 0 Å². The number of rotatable bonds is 7. The van der Waals surface area contributed by atoms with Crippen molar-refractivity contribution < 1.29 is 14.3 Å². The molecule has 1 N–H and O–H groups in total. The van der Waals surface area contributed by atoms with Crippen molar-refractivity contribution in [3.63, 3.8) is 0 Å². The number of amides is 2. The Morgan fingerprint density at radius 3 is 2.61 bits per heavy atom. The SMILES string of the molecule is C=CC(=O)N=S(c1cc(NC(=O)OC(C)C)ccc1-c1cnc(C2CCCCC2)s1)C(C)C. The van der Waals surface area contributed by atoms with Gasteiger partial charge in [-0.05, 0) is 44.9 Å². The first-order valence-corrected chi connectivity index (χ1v) is 13.5. The van der Waals surface area contributed by atoms with E-state index in [1.54, 1.807) is 25.2 Å². The van der Waals surface area contributed by atoms with Crippen LogP contribution in [0.2, 0.25) is 0 Å². The van der Waals surface area contributed by atoms with Gasteiger partial charge in [0.25, 0.3) is 5.91 Å². The fourth-order valence-corrected chi connectivity index (χ4v) is 6.76. The topological polar surface area (TPSA) is 80.7 Å². The minimum absolute atomic E-state index is 0.0938. The van der Waals surface area contributed by atoms with Crippen LogP contribution in [0.3, 0.4) is 0 Å². The summed E-state index contributed by atoms with van der Waals surface area (Å²) in [5, 5.41) is 4.07. The van der Waals surface area contributed by atoms with Crippen LogP contribution in [0.1, 0.15) is 70.7 Å². The molecule has 1 heterocycles. The Balaban J connectivity index is 2.04. The monoisotopic (exact) mass is 487 g/mol. The van der Waals surface area contributed by atoms with E-state index in [0.29, 0.717) is 11.6 Å². The van der Waals surface area contributed by atoms with Crippen molar-refractivity contribution in [2.75, 3.05) is 5.32 Å². The van der Waals surface area contributed by atoms with Crippen LogP contribution in [0.15, 0.2) is 46.3 Å². The summed E-state index contributed by atoms with van der Waals surface area (Å²) in [6.45, 7) is 11.3. The second kappa shape index (κ2) is 11.7. The molecule has 0 spiro atoms. The Labute approximate surface area is 203 Å². The zero-order chi connectivity index (χ0) is 24.0. The average molecular weight is 488 g/mol.